The van der Waals surface area contributed by atoms with E-state index in [1.54, 1.807) is 30.5 Å². The van der Waals surface area contributed by atoms with Gasteiger partial charge >= 0.3 is 0 Å². The highest BCUT2D eigenvalue weighted by Crippen LogP contribution is 2.37. The molecule has 2 rings (SSSR count). The highest BCUT2D eigenvalue weighted by molar-refractivity contribution is 5.76. The summed E-state index contributed by atoms with van der Waals surface area (Å²) >= 11 is 0. The van der Waals surface area contributed by atoms with Crippen molar-refractivity contribution in [1.82, 2.24) is 14.9 Å². The SMILES string of the molecule is C#CCCC1(CCC(=O)N(C)CCc2cnccn2)N=N1. The number of amides is 1. The molecule has 1 aromatic rings. The van der Waals surface area contributed by atoms with Crippen LogP contribution in [-0.2, 0) is 11.2 Å². The molecule has 6 nitrogen and oxygen atoms in total. The minimum Gasteiger partial charge on any atom is -0.345 e. The highest BCUT2D eigenvalue weighted by atomic mass is 16.2. The summed E-state index contributed by atoms with van der Waals surface area (Å²) in [6.45, 7) is 0.628. The van der Waals surface area contributed by atoms with Crippen LogP contribution in [0, 0.1) is 12.3 Å². The molecule has 0 saturated heterocycles. The third kappa shape index (κ3) is 4.63. The number of aromatic nitrogens is 2. The molecule has 0 N–H and O–H groups in total. The fourth-order valence-electron chi connectivity index (χ4n) is 2.03. The van der Waals surface area contributed by atoms with E-state index in [0.717, 1.165) is 12.1 Å². The first-order chi connectivity index (χ1) is 10.2. The van der Waals surface area contributed by atoms with Crippen molar-refractivity contribution in [2.75, 3.05) is 13.6 Å². The van der Waals surface area contributed by atoms with Crippen molar-refractivity contribution >= 4 is 5.91 Å². The molecule has 1 aliphatic rings. The van der Waals surface area contributed by atoms with Crippen LogP contribution in [0.5, 0.6) is 0 Å². The second-order valence-corrected chi connectivity index (χ2v) is 5.15. The zero-order valence-corrected chi connectivity index (χ0v) is 12.2. The number of hydrogen-bond acceptors (Lipinski definition) is 5. The summed E-state index contributed by atoms with van der Waals surface area (Å²) in [5.74, 6) is 2.68. The molecule has 1 aromatic heterocycles. The van der Waals surface area contributed by atoms with Crippen molar-refractivity contribution in [2.24, 2.45) is 10.2 Å². The third-order valence-electron chi connectivity index (χ3n) is 3.54. The van der Waals surface area contributed by atoms with E-state index in [1.165, 1.54) is 0 Å². The van der Waals surface area contributed by atoms with Gasteiger partial charge in [0.25, 0.3) is 0 Å². The van der Waals surface area contributed by atoms with Crippen LogP contribution in [0.25, 0.3) is 0 Å². The Morgan fingerprint density at radius 3 is 2.81 bits per heavy atom. The van der Waals surface area contributed by atoms with Gasteiger partial charge in [-0.15, -0.1) is 12.3 Å². The maximum atomic E-state index is 12.1. The fraction of sp³-hybridized carbons (Fsp3) is 0.533. The molecule has 110 valence electrons. The monoisotopic (exact) mass is 285 g/mol. The van der Waals surface area contributed by atoms with Gasteiger partial charge in [0.1, 0.15) is 0 Å². The van der Waals surface area contributed by atoms with Gasteiger partial charge in [-0.1, -0.05) is 0 Å². The molecule has 1 amide bonds. The first kappa shape index (κ1) is 15.1. The Kier molecular flexibility index (Phi) is 4.99. The van der Waals surface area contributed by atoms with Gasteiger partial charge in [0.2, 0.25) is 5.91 Å². The predicted octanol–water partition coefficient (Wildman–Crippen LogP) is 1.83. The van der Waals surface area contributed by atoms with Gasteiger partial charge in [-0.2, -0.15) is 10.2 Å². The van der Waals surface area contributed by atoms with Gasteiger partial charge in [-0.25, -0.2) is 0 Å². The Morgan fingerprint density at radius 1 is 1.38 bits per heavy atom. The van der Waals surface area contributed by atoms with Crippen LogP contribution in [0.2, 0.25) is 0 Å². The second kappa shape index (κ2) is 6.93. The third-order valence-corrected chi connectivity index (χ3v) is 3.54. The summed E-state index contributed by atoms with van der Waals surface area (Å²) in [6.07, 6.45) is 13.4. The summed E-state index contributed by atoms with van der Waals surface area (Å²) in [5, 5.41) is 8.07. The molecular formula is C15H19N5O. The van der Waals surface area contributed by atoms with E-state index in [4.69, 9.17) is 6.42 Å². The number of nitrogens with zero attached hydrogens (tertiary/aromatic N) is 5. The molecule has 2 heterocycles. The second-order valence-electron chi connectivity index (χ2n) is 5.15. The maximum Gasteiger partial charge on any atom is 0.222 e. The standard InChI is InChI=1S/C15H19N5O/c1-3-4-7-15(18-19-15)8-5-14(21)20(2)11-6-13-12-16-9-10-17-13/h1,9-10,12H,4-8,11H2,2H3. The average molecular weight is 285 g/mol. The number of likely N-dealkylation sites (N-methyl/N-ethyl adjacent to an activating group) is 1. The largest absolute Gasteiger partial charge is 0.345 e. The summed E-state index contributed by atoms with van der Waals surface area (Å²) in [4.78, 5) is 22.0. The van der Waals surface area contributed by atoms with Gasteiger partial charge in [0.05, 0.1) is 5.69 Å². The Bertz CT molecular complexity index is 543. The van der Waals surface area contributed by atoms with Gasteiger partial charge in [-0.05, 0) is 0 Å². The molecule has 0 saturated carbocycles. The van der Waals surface area contributed by atoms with Crippen molar-refractivity contribution in [1.29, 1.82) is 0 Å². The lowest BCUT2D eigenvalue weighted by atomic mass is 10.0. The maximum absolute atomic E-state index is 12.1. The van der Waals surface area contributed by atoms with Crippen LogP contribution in [0.4, 0.5) is 0 Å². The summed E-state index contributed by atoms with van der Waals surface area (Å²) in [6, 6.07) is 0. The summed E-state index contributed by atoms with van der Waals surface area (Å²) in [7, 11) is 1.80. The lowest BCUT2D eigenvalue weighted by Gasteiger charge is -2.17. The van der Waals surface area contributed by atoms with E-state index >= 15 is 0 Å². The number of hydrogen-bond donors (Lipinski definition) is 0. The van der Waals surface area contributed by atoms with E-state index in [2.05, 4.69) is 26.1 Å². The molecule has 0 atom stereocenters. The van der Waals surface area contributed by atoms with Crippen LogP contribution in [0.3, 0.4) is 0 Å². The Labute approximate surface area is 124 Å². The zero-order chi connectivity index (χ0) is 15.1. The normalized spacial score (nSPS) is 14.5. The predicted molar refractivity (Wildman–Crippen MR) is 78.3 cm³/mol. The molecule has 0 bridgehead atoms. The molecule has 21 heavy (non-hydrogen) atoms. The van der Waals surface area contributed by atoms with Crippen molar-refractivity contribution in [3.8, 4) is 12.3 Å². The van der Waals surface area contributed by atoms with Crippen molar-refractivity contribution in [2.45, 2.75) is 37.8 Å². The molecule has 0 aliphatic carbocycles. The van der Waals surface area contributed by atoms with Crippen molar-refractivity contribution in [3.05, 3.63) is 24.3 Å². The van der Waals surface area contributed by atoms with Crippen molar-refractivity contribution < 1.29 is 4.79 Å². The van der Waals surface area contributed by atoms with Gasteiger partial charge in [0.15, 0.2) is 5.66 Å². The first-order valence-corrected chi connectivity index (χ1v) is 7.02. The smallest absolute Gasteiger partial charge is 0.222 e. The molecule has 1 aliphatic heterocycles. The first-order valence-electron chi connectivity index (χ1n) is 7.02. The molecule has 6 heteroatoms. The quantitative estimate of drug-likeness (QED) is 0.684. The molecule has 0 unspecified atom stereocenters. The highest BCUT2D eigenvalue weighted by Gasteiger charge is 2.39. The number of terminal acetylenes is 1. The zero-order valence-electron chi connectivity index (χ0n) is 12.2. The van der Waals surface area contributed by atoms with Gasteiger partial charge in [-0.3, -0.25) is 14.8 Å². The van der Waals surface area contributed by atoms with Gasteiger partial charge in [0, 0.05) is 64.3 Å². The molecule has 0 aromatic carbocycles. The topological polar surface area (TPSA) is 70.8 Å². The van der Waals surface area contributed by atoms with Crippen LogP contribution >= 0.6 is 0 Å². The lowest BCUT2D eigenvalue weighted by molar-refractivity contribution is -0.130. The number of carbonyl (C=O) groups excluding carboxylic acids is 1. The van der Waals surface area contributed by atoms with Gasteiger partial charge < -0.3 is 4.90 Å². The number of rotatable bonds is 8. The molecule has 0 fully saturated rings. The lowest BCUT2D eigenvalue weighted by Crippen LogP contribution is -2.30. The van der Waals surface area contributed by atoms with E-state index < -0.39 is 0 Å². The molecule has 0 radical (unpaired) electrons. The van der Waals surface area contributed by atoms with Crippen molar-refractivity contribution in [3.63, 3.8) is 0 Å². The average Bonchev–Trinajstić information content (AvgIpc) is 3.30. The van der Waals surface area contributed by atoms with Crippen LogP contribution in [0.1, 0.15) is 31.4 Å². The summed E-state index contributed by atoms with van der Waals surface area (Å²) in [5.41, 5.74) is 0.503. The fourth-order valence-corrected chi connectivity index (χ4v) is 2.03. The van der Waals surface area contributed by atoms with Crippen LogP contribution in [-0.4, -0.2) is 40.0 Å². The Morgan fingerprint density at radius 2 is 2.19 bits per heavy atom. The number of carbonyl (C=O) groups is 1. The van der Waals surface area contributed by atoms with E-state index in [0.29, 0.717) is 32.2 Å². The Hall–Kier alpha value is -2.29. The Balaban J connectivity index is 1.69. The summed E-state index contributed by atoms with van der Waals surface area (Å²) < 4.78 is 0. The van der Waals surface area contributed by atoms with Crippen LogP contribution in [0.15, 0.2) is 28.8 Å². The minimum atomic E-state index is -0.381. The molecule has 0 spiro atoms. The minimum absolute atomic E-state index is 0.0938. The van der Waals surface area contributed by atoms with E-state index in [-0.39, 0.29) is 11.6 Å². The van der Waals surface area contributed by atoms with E-state index in [9.17, 15) is 4.79 Å². The van der Waals surface area contributed by atoms with E-state index in [1.807, 2.05) is 0 Å². The van der Waals surface area contributed by atoms with Crippen LogP contribution < -0.4 is 0 Å². The molecular weight excluding hydrogens is 266 g/mol.